The Balaban J connectivity index is 2.07. The standard InChI is InChI=1S/C16H15IN4OS/c1-20-8-12(11-6-7-21(23-17)15(11)16(20)22)14-10(9-2-3-9)4-5-13(18)19-14/h4-9H,2-3H2,1H3,(H2,18,19). The van der Waals surface area contributed by atoms with E-state index in [1.165, 1.54) is 27.5 Å². The quantitative estimate of drug-likeness (QED) is 0.634. The van der Waals surface area contributed by atoms with Crippen LogP contribution in [0.3, 0.4) is 0 Å². The van der Waals surface area contributed by atoms with E-state index in [2.05, 4.69) is 32.3 Å². The summed E-state index contributed by atoms with van der Waals surface area (Å²) in [6.45, 7) is 0. The van der Waals surface area contributed by atoms with Crippen LogP contribution in [0.5, 0.6) is 0 Å². The largest absolute Gasteiger partial charge is 0.384 e. The van der Waals surface area contributed by atoms with Crippen LogP contribution in [-0.2, 0) is 7.05 Å². The van der Waals surface area contributed by atoms with Crippen LogP contribution in [0.25, 0.3) is 22.2 Å². The molecule has 2 N–H and O–H groups in total. The first-order valence-electron chi connectivity index (χ1n) is 7.36. The van der Waals surface area contributed by atoms with Crippen molar-refractivity contribution < 1.29 is 0 Å². The van der Waals surface area contributed by atoms with E-state index in [0.717, 1.165) is 16.6 Å². The van der Waals surface area contributed by atoms with E-state index in [-0.39, 0.29) is 5.56 Å². The molecule has 0 bridgehead atoms. The van der Waals surface area contributed by atoms with Gasteiger partial charge < -0.3 is 10.3 Å². The molecule has 0 aliphatic heterocycles. The number of pyridine rings is 2. The highest BCUT2D eigenvalue weighted by Crippen LogP contribution is 2.45. The van der Waals surface area contributed by atoms with Crippen LogP contribution in [-0.4, -0.2) is 13.5 Å². The summed E-state index contributed by atoms with van der Waals surface area (Å²) in [5.74, 6) is 1.07. The third-order valence-corrected chi connectivity index (χ3v) is 6.01. The molecule has 0 amide bonds. The van der Waals surface area contributed by atoms with Crippen LogP contribution in [0.2, 0.25) is 0 Å². The van der Waals surface area contributed by atoms with E-state index < -0.39 is 0 Å². The van der Waals surface area contributed by atoms with Gasteiger partial charge in [0.25, 0.3) is 5.56 Å². The molecular weight excluding hydrogens is 423 g/mol. The molecule has 0 aromatic carbocycles. The summed E-state index contributed by atoms with van der Waals surface area (Å²) in [4.78, 5) is 17.1. The van der Waals surface area contributed by atoms with E-state index in [1.54, 1.807) is 11.6 Å². The SMILES string of the molecule is Cn1cc(-c2nc(N)ccc2C2CC2)c2ccn(SI)c2c1=O. The average Bonchev–Trinajstić information content (AvgIpc) is 3.29. The molecule has 1 aliphatic carbocycles. The lowest BCUT2D eigenvalue weighted by Crippen LogP contribution is -2.18. The van der Waals surface area contributed by atoms with E-state index >= 15 is 0 Å². The van der Waals surface area contributed by atoms with Crippen molar-refractivity contribution in [1.29, 1.82) is 0 Å². The van der Waals surface area contributed by atoms with Gasteiger partial charge in [0.15, 0.2) is 0 Å². The third kappa shape index (κ3) is 2.46. The van der Waals surface area contributed by atoms with Crippen molar-refractivity contribution in [3.05, 3.63) is 46.5 Å². The number of hydrogen-bond donors (Lipinski definition) is 1. The summed E-state index contributed by atoms with van der Waals surface area (Å²) >= 11 is 2.18. The zero-order valence-corrected chi connectivity index (χ0v) is 15.5. The molecule has 1 aliphatic rings. The first kappa shape index (κ1) is 15.1. The molecule has 23 heavy (non-hydrogen) atoms. The fraction of sp³-hybridized carbons (Fsp3) is 0.250. The first-order chi connectivity index (χ1) is 11.1. The number of nitrogen functional groups attached to an aromatic ring is 1. The van der Waals surface area contributed by atoms with Crippen LogP contribution in [0.1, 0.15) is 24.3 Å². The Labute approximate surface area is 149 Å². The minimum Gasteiger partial charge on any atom is -0.384 e. The highest BCUT2D eigenvalue weighted by Gasteiger charge is 2.28. The number of rotatable bonds is 3. The van der Waals surface area contributed by atoms with Gasteiger partial charge in [0.05, 0.1) is 5.69 Å². The van der Waals surface area contributed by atoms with Crippen molar-refractivity contribution in [2.24, 2.45) is 7.05 Å². The predicted octanol–water partition coefficient (Wildman–Crippen LogP) is 3.71. The molecule has 0 atom stereocenters. The molecule has 4 rings (SSSR count). The zero-order valence-electron chi connectivity index (χ0n) is 12.5. The van der Waals surface area contributed by atoms with Crippen molar-refractivity contribution in [3.8, 4) is 11.3 Å². The summed E-state index contributed by atoms with van der Waals surface area (Å²) < 4.78 is 3.52. The topological polar surface area (TPSA) is 65.8 Å². The van der Waals surface area contributed by atoms with Crippen LogP contribution < -0.4 is 11.3 Å². The van der Waals surface area contributed by atoms with E-state index in [4.69, 9.17) is 5.73 Å². The number of aromatic nitrogens is 3. The van der Waals surface area contributed by atoms with Crippen LogP contribution in [0, 0.1) is 0 Å². The van der Waals surface area contributed by atoms with Crippen molar-refractivity contribution in [1.82, 2.24) is 13.5 Å². The fourth-order valence-corrected chi connectivity index (χ4v) is 4.34. The molecule has 0 saturated heterocycles. The van der Waals surface area contributed by atoms with Gasteiger partial charge >= 0.3 is 0 Å². The number of anilines is 1. The van der Waals surface area contributed by atoms with Crippen molar-refractivity contribution in [2.75, 3.05) is 5.73 Å². The van der Waals surface area contributed by atoms with Crippen molar-refractivity contribution >= 4 is 47.0 Å². The summed E-state index contributed by atoms with van der Waals surface area (Å²) in [6.07, 6.45) is 6.19. The molecule has 3 aromatic heterocycles. The lowest BCUT2D eigenvalue weighted by atomic mass is 10.0. The van der Waals surface area contributed by atoms with Gasteiger partial charge in [-0.25, -0.2) is 4.98 Å². The molecule has 118 valence electrons. The van der Waals surface area contributed by atoms with Gasteiger partial charge in [-0.15, -0.1) is 0 Å². The molecule has 0 spiro atoms. The maximum atomic E-state index is 12.5. The number of nitrogens with two attached hydrogens (primary N) is 1. The maximum Gasteiger partial charge on any atom is 0.275 e. The van der Waals surface area contributed by atoms with Crippen LogP contribution >= 0.6 is 30.3 Å². The van der Waals surface area contributed by atoms with Crippen LogP contribution in [0.4, 0.5) is 5.82 Å². The Morgan fingerprint density at radius 3 is 2.83 bits per heavy atom. The molecule has 3 aromatic rings. The first-order valence-corrected chi connectivity index (χ1v) is 10.7. The molecule has 0 unspecified atom stereocenters. The Morgan fingerprint density at radius 1 is 1.35 bits per heavy atom. The summed E-state index contributed by atoms with van der Waals surface area (Å²) in [5, 5.41) is 0.928. The second kappa shape index (κ2) is 5.55. The Bertz CT molecular complexity index is 974. The van der Waals surface area contributed by atoms with Gasteiger partial charge in [0.1, 0.15) is 11.3 Å². The number of nitrogens with zero attached hydrogens (tertiary/aromatic N) is 3. The Kier molecular flexibility index (Phi) is 3.64. The lowest BCUT2D eigenvalue weighted by molar-refractivity contribution is 0.869. The van der Waals surface area contributed by atoms with Gasteiger partial charge in [-0.3, -0.25) is 8.77 Å². The number of halogens is 1. The zero-order chi connectivity index (χ0) is 16.1. The molecule has 1 fully saturated rings. The van der Waals surface area contributed by atoms with Gasteiger partial charge in [0.2, 0.25) is 0 Å². The number of hydrogen-bond acceptors (Lipinski definition) is 4. The second-order valence-electron chi connectivity index (χ2n) is 5.88. The van der Waals surface area contributed by atoms with E-state index in [1.807, 2.05) is 28.5 Å². The smallest absolute Gasteiger partial charge is 0.275 e. The molecule has 0 radical (unpaired) electrons. The van der Waals surface area contributed by atoms with E-state index in [0.29, 0.717) is 17.3 Å². The molecule has 5 nitrogen and oxygen atoms in total. The maximum absolute atomic E-state index is 12.5. The predicted molar refractivity (Wildman–Crippen MR) is 104 cm³/mol. The molecule has 1 saturated carbocycles. The van der Waals surface area contributed by atoms with Gasteiger partial charge in [0, 0.05) is 60.7 Å². The van der Waals surface area contributed by atoms with Crippen molar-refractivity contribution in [3.63, 3.8) is 0 Å². The minimum absolute atomic E-state index is 0.00482. The molecule has 3 heterocycles. The second-order valence-corrected chi connectivity index (χ2v) is 7.59. The van der Waals surface area contributed by atoms with Crippen molar-refractivity contribution in [2.45, 2.75) is 18.8 Å². The molecule has 7 heteroatoms. The monoisotopic (exact) mass is 438 g/mol. The highest BCUT2D eigenvalue weighted by molar-refractivity contribution is 14.2. The van der Waals surface area contributed by atoms with Gasteiger partial charge in [-0.2, -0.15) is 0 Å². The highest BCUT2D eigenvalue weighted by atomic mass is 127. The Hall–Kier alpha value is -1.48. The fourth-order valence-electron chi connectivity index (χ4n) is 3.00. The summed E-state index contributed by atoms with van der Waals surface area (Å²) in [5.41, 5.74) is 9.73. The number of fused-ring (bicyclic) bond motifs is 1. The molecular formula is C16H15IN4OS. The minimum atomic E-state index is -0.00482. The van der Waals surface area contributed by atoms with Gasteiger partial charge in [-0.1, -0.05) is 6.07 Å². The van der Waals surface area contributed by atoms with Gasteiger partial charge in [-0.05, 0) is 36.5 Å². The Morgan fingerprint density at radius 2 is 2.13 bits per heavy atom. The normalized spacial score (nSPS) is 14.5. The van der Waals surface area contributed by atoms with Crippen LogP contribution in [0.15, 0.2) is 35.4 Å². The number of aryl methyl sites for hydroxylation is 1. The average molecular weight is 438 g/mol. The summed E-state index contributed by atoms with van der Waals surface area (Å²) in [6, 6.07) is 5.93. The third-order valence-electron chi connectivity index (χ3n) is 4.28. The lowest BCUT2D eigenvalue weighted by Gasteiger charge is -2.12. The van der Waals surface area contributed by atoms with E-state index in [9.17, 15) is 4.79 Å². The summed E-state index contributed by atoms with van der Waals surface area (Å²) in [7, 11) is 3.27.